The van der Waals surface area contributed by atoms with Crippen LogP contribution in [0.5, 0.6) is 11.6 Å². The highest BCUT2D eigenvalue weighted by Crippen LogP contribution is 2.57. The Kier molecular flexibility index (Phi) is 9.51. The highest BCUT2D eigenvalue weighted by atomic mass is 32.2. The van der Waals surface area contributed by atoms with Gasteiger partial charge in [0.1, 0.15) is 11.9 Å². The number of carbonyl (C=O) groups excluding carboxylic acids is 4. The smallest absolute Gasteiger partial charge is 0.306 e. The number of rotatable bonds is 7. The molecule has 49 heavy (non-hydrogen) atoms. The molecule has 4 aliphatic rings. The Morgan fingerprint density at radius 2 is 1.86 bits per heavy atom. The first-order valence-corrected chi connectivity index (χ1v) is 18.6. The maximum atomic E-state index is 14.4. The number of cyclic esters (lactones) is 1. The number of amides is 2. The Morgan fingerprint density at radius 3 is 2.53 bits per heavy atom. The normalized spacial score (nSPS) is 28.1. The van der Waals surface area contributed by atoms with Crippen molar-refractivity contribution in [3.8, 4) is 11.6 Å². The average Bonchev–Trinajstić information content (AvgIpc) is 3.97. The summed E-state index contributed by atoms with van der Waals surface area (Å²) in [6, 6.07) is 6.49. The van der Waals surface area contributed by atoms with Gasteiger partial charge in [0.2, 0.25) is 27.7 Å². The third-order valence-corrected chi connectivity index (χ3v) is 12.1. The molecular formula is C36H45N3O9S. The Labute approximate surface area is 287 Å². The number of nitrogens with zero attached hydrogens (tertiary/aromatic N) is 2. The monoisotopic (exact) mass is 695 g/mol. The van der Waals surface area contributed by atoms with E-state index < -0.39 is 56.0 Å². The average molecular weight is 696 g/mol. The summed E-state index contributed by atoms with van der Waals surface area (Å²) < 4.78 is 45.5. The number of benzene rings is 1. The molecular weight excluding hydrogens is 650 g/mol. The van der Waals surface area contributed by atoms with E-state index in [0.29, 0.717) is 43.9 Å². The number of Topliss-reactive ketones (excluding diaryl/α,β-unsaturated/α-hetero) is 1. The molecule has 264 valence electrons. The van der Waals surface area contributed by atoms with Gasteiger partial charge in [-0.2, -0.15) is 0 Å². The number of aromatic nitrogens is 1. The number of sulfonamides is 1. The lowest BCUT2D eigenvalue weighted by Gasteiger charge is -2.34. The molecule has 2 saturated carbocycles. The summed E-state index contributed by atoms with van der Waals surface area (Å²) in [5.74, 6) is -2.23. The molecule has 2 amide bonds. The second kappa shape index (κ2) is 13.4. The van der Waals surface area contributed by atoms with Gasteiger partial charge < -0.3 is 19.1 Å². The van der Waals surface area contributed by atoms with Gasteiger partial charge in [0, 0.05) is 24.4 Å². The maximum absolute atomic E-state index is 14.4. The molecule has 13 heteroatoms. The first-order valence-electron chi connectivity index (χ1n) is 17.1. The van der Waals surface area contributed by atoms with Crippen LogP contribution in [0.15, 0.2) is 43.1 Å². The molecule has 12 nitrogen and oxygen atoms in total. The van der Waals surface area contributed by atoms with Crippen molar-refractivity contribution < 1.29 is 41.8 Å². The van der Waals surface area contributed by atoms with Gasteiger partial charge >= 0.3 is 5.97 Å². The quantitative estimate of drug-likeness (QED) is 0.330. The van der Waals surface area contributed by atoms with Crippen LogP contribution < -0.4 is 14.2 Å². The number of hydrogen-bond donors (Lipinski definition) is 1. The van der Waals surface area contributed by atoms with E-state index in [1.165, 1.54) is 4.90 Å². The highest BCUT2D eigenvalue weighted by Gasteiger charge is 2.61. The van der Waals surface area contributed by atoms with Crippen molar-refractivity contribution in [2.75, 3.05) is 19.8 Å². The molecule has 4 bridgehead atoms. The zero-order valence-corrected chi connectivity index (χ0v) is 29.1. The van der Waals surface area contributed by atoms with Gasteiger partial charge in [-0.25, -0.2) is 13.4 Å². The van der Waals surface area contributed by atoms with E-state index in [1.54, 1.807) is 12.3 Å². The summed E-state index contributed by atoms with van der Waals surface area (Å²) in [6.07, 6.45) is 4.73. The topological polar surface area (TPSA) is 158 Å². The van der Waals surface area contributed by atoms with Crippen LogP contribution in [0.2, 0.25) is 0 Å². The minimum Gasteiger partial charge on any atom is -0.494 e. The van der Waals surface area contributed by atoms with E-state index in [0.717, 1.165) is 10.8 Å². The second-order valence-electron chi connectivity index (χ2n) is 14.9. The lowest BCUT2D eigenvalue weighted by atomic mass is 9.77. The molecule has 1 unspecified atom stereocenters. The summed E-state index contributed by atoms with van der Waals surface area (Å²) in [4.78, 5) is 61.2. The van der Waals surface area contributed by atoms with Crippen molar-refractivity contribution in [3.05, 3.63) is 43.1 Å². The van der Waals surface area contributed by atoms with Crippen LogP contribution in [0.1, 0.15) is 72.1 Å². The Bertz CT molecular complexity index is 1770. The fourth-order valence-corrected chi connectivity index (χ4v) is 8.36. The molecule has 3 fully saturated rings. The number of allylic oxidation sites excluding steroid dienone is 1. The minimum absolute atomic E-state index is 0.0469. The molecule has 6 rings (SSSR count). The number of fused-ring (bicyclic) bond motifs is 3. The SMILES string of the molecule is C=C[C@H]1C[C@]1(CC(=O)C1C[C@@H]2CN1C(=O)[C@H](C(C)(C)C)CC(=O)OCCCCOc1ccc3ccnc(c3c1)O2)C(=O)NS(=O)(=O)C1CC1. The molecule has 2 aromatic rings. The van der Waals surface area contributed by atoms with Crippen molar-refractivity contribution in [1.82, 2.24) is 14.6 Å². The van der Waals surface area contributed by atoms with Crippen molar-refractivity contribution in [2.24, 2.45) is 22.7 Å². The van der Waals surface area contributed by atoms with E-state index in [1.807, 2.05) is 45.0 Å². The van der Waals surface area contributed by atoms with Crippen LogP contribution in [0.3, 0.4) is 0 Å². The van der Waals surface area contributed by atoms with Gasteiger partial charge in [-0.1, -0.05) is 32.9 Å². The minimum atomic E-state index is -3.84. The number of ketones is 1. The highest BCUT2D eigenvalue weighted by molar-refractivity contribution is 7.90. The number of nitrogens with one attached hydrogen (secondary N) is 1. The van der Waals surface area contributed by atoms with Gasteiger partial charge in [-0.3, -0.25) is 23.9 Å². The van der Waals surface area contributed by atoms with E-state index in [9.17, 15) is 27.6 Å². The van der Waals surface area contributed by atoms with Gasteiger partial charge in [0.15, 0.2) is 5.78 Å². The Hall–Kier alpha value is -4.00. The number of hydrogen-bond acceptors (Lipinski definition) is 10. The van der Waals surface area contributed by atoms with Gasteiger partial charge in [-0.15, -0.1) is 6.58 Å². The number of esters is 1. The zero-order valence-electron chi connectivity index (χ0n) is 28.3. The van der Waals surface area contributed by atoms with E-state index in [4.69, 9.17) is 14.2 Å². The summed E-state index contributed by atoms with van der Waals surface area (Å²) in [6.45, 7) is 10.1. The van der Waals surface area contributed by atoms with Gasteiger partial charge in [-0.05, 0) is 67.0 Å². The fraction of sp³-hybridized carbons (Fsp3) is 0.583. The molecule has 1 aromatic carbocycles. The number of ether oxygens (including phenoxy) is 3. The first kappa shape index (κ1) is 34.8. The molecule has 0 spiro atoms. The van der Waals surface area contributed by atoms with Crippen LogP contribution in [-0.4, -0.2) is 79.0 Å². The molecule has 1 saturated heterocycles. The summed E-state index contributed by atoms with van der Waals surface area (Å²) >= 11 is 0. The second-order valence-corrected chi connectivity index (χ2v) is 16.9. The van der Waals surface area contributed by atoms with Crippen molar-refractivity contribution >= 4 is 44.4 Å². The first-order chi connectivity index (χ1) is 23.2. The lowest BCUT2D eigenvalue weighted by Crippen LogP contribution is -2.48. The predicted octanol–water partition coefficient (Wildman–Crippen LogP) is 4.11. The fourth-order valence-electron chi connectivity index (χ4n) is 6.97. The van der Waals surface area contributed by atoms with Crippen LogP contribution in [0, 0.1) is 22.7 Å². The number of carbonyl (C=O) groups is 4. The van der Waals surface area contributed by atoms with Crippen LogP contribution in [0.4, 0.5) is 0 Å². The third kappa shape index (κ3) is 7.46. The molecule has 2 aliphatic carbocycles. The summed E-state index contributed by atoms with van der Waals surface area (Å²) in [5.41, 5.74) is -1.94. The molecule has 1 N–H and O–H groups in total. The molecule has 0 radical (unpaired) electrons. The summed E-state index contributed by atoms with van der Waals surface area (Å²) in [5, 5.41) is 0.994. The van der Waals surface area contributed by atoms with Crippen molar-refractivity contribution in [2.45, 2.75) is 89.5 Å². The third-order valence-electron chi connectivity index (χ3n) is 10.2. The van der Waals surface area contributed by atoms with Gasteiger partial charge in [0.05, 0.1) is 48.8 Å². The number of pyridine rings is 1. The molecule has 5 atom stereocenters. The van der Waals surface area contributed by atoms with Crippen LogP contribution >= 0.6 is 0 Å². The molecule has 2 aliphatic heterocycles. The predicted molar refractivity (Wildman–Crippen MR) is 180 cm³/mol. The van der Waals surface area contributed by atoms with Crippen LogP contribution in [-0.2, 0) is 33.9 Å². The largest absolute Gasteiger partial charge is 0.494 e. The summed E-state index contributed by atoms with van der Waals surface area (Å²) in [7, 11) is -3.84. The van der Waals surface area contributed by atoms with Crippen LogP contribution in [0.25, 0.3) is 10.8 Å². The van der Waals surface area contributed by atoms with E-state index in [-0.39, 0.29) is 56.4 Å². The molecule has 3 heterocycles. The van der Waals surface area contributed by atoms with E-state index in [2.05, 4.69) is 16.3 Å². The van der Waals surface area contributed by atoms with Crippen molar-refractivity contribution in [1.29, 1.82) is 0 Å². The maximum Gasteiger partial charge on any atom is 0.306 e. The zero-order chi connectivity index (χ0) is 35.1. The Balaban J connectivity index is 1.32. The standard InChI is InChI=1S/C36H45N3O9S/c1-5-23-19-36(23,34(43)38-49(44,45)26-10-11-26)20-30(40)29-17-25-21-39(29)33(42)28(35(2,3)4)18-31(41)47-15-7-6-14-46-24-9-8-22-12-13-37-32(48-25)27(22)16-24/h5,8-9,12-13,16,23,25-26,28-29H,1,6-7,10-11,14-15,17-21H2,2-4H3,(H,38,43)/t23-,25+,28+,29?,36+/m0/s1. The van der Waals surface area contributed by atoms with Crippen molar-refractivity contribution in [3.63, 3.8) is 0 Å². The van der Waals surface area contributed by atoms with E-state index >= 15 is 0 Å². The molecule has 1 aromatic heterocycles. The lowest BCUT2D eigenvalue weighted by molar-refractivity contribution is -0.153. The Morgan fingerprint density at radius 1 is 1.12 bits per heavy atom. The van der Waals surface area contributed by atoms with Gasteiger partial charge in [0.25, 0.3) is 0 Å².